The van der Waals surface area contributed by atoms with Gasteiger partial charge in [-0.15, -0.1) is 0 Å². The van der Waals surface area contributed by atoms with Gasteiger partial charge >= 0.3 is 5.97 Å². The SMILES string of the molecule is Cc1cc(Br)cc(C)c1OCc1nc(N)nc(C)c1C(=O)O. The van der Waals surface area contributed by atoms with Crippen LogP contribution in [0.15, 0.2) is 16.6 Å². The first-order valence-electron chi connectivity index (χ1n) is 6.55. The van der Waals surface area contributed by atoms with Gasteiger partial charge in [0.15, 0.2) is 0 Å². The van der Waals surface area contributed by atoms with Gasteiger partial charge in [0.25, 0.3) is 0 Å². The average Bonchev–Trinajstić information content (AvgIpc) is 2.35. The van der Waals surface area contributed by atoms with Gasteiger partial charge in [0.05, 0.1) is 11.4 Å². The average molecular weight is 366 g/mol. The van der Waals surface area contributed by atoms with Crippen LogP contribution >= 0.6 is 15.9 Å². The number of nitrogens with two attached hydrogens (primary N) is 1. The molecule has 0 spiro atoms. The predicted molar refractivity (Wildman–Crippen MR) is 86.1 cm³/mol. The molecule has 1 aromatic heterocycles. The largest absolute Gasteiger partial charge is 0.487 e. The number of benzene rings is 1. The third-order valence-corrected chi connectivity index (χ3v) is 3.63. The van der Waals surface area contributed by atoms with Crippen LogP contribution in [-0.4, -0.2) is 21.0 Å². The number of carbonyl (C=O) groups is 1. The summed E-state index contributed by atoms with van der Waals surface area (Å²) in [7, 11) is 0. The van der Waals surface area contributed by atoms with Crippen molar-refractivity contribution in [3.05, 3.63) is 44.7 Å². The van der Waals surface area contributed by atoms with Gasteiger partial charge in [-0.1, -0.05) is 15.9 Å². The Labute approximate surface area is 136 Å². The molecular formula is C15H16BrN3O3. The van der Waals surface area contributed by atoms with Crippen LogP contribution < -0.4 is 10.5 Å². The number of hydrogen-bond donors (Lipinski definition) is 2. The highest BCUT2D eigenvalue weighted by Crippen LogP contribution is 2.28. The summed E-state index contributed by atoms with van der Waals surface area (Å²) in [5, 5.41) is 9.30. The fourth-order valence-electron chi connectivity index (χ4n) is 2.30. The monoisotopic (exact) mass is 365 g/mol. The van der Waals surface area contributed by atoms with E-state index in [0.29, 0.717) is 11.4 Å². The second kappa shape index (κ2) is 6.31. The van der Waals surface area contributed by atoms with Gasteiger partial charge < -0.3 is 15.6 Å². The van der Waals surface area contributed by atoms with E-state index in [-0.39, 0.29) is 23.8 Å². The van der Waals surface area contributed by atoms with E-state index in [1.165, 1.54) is 0 Å². The topological polar surface area (TPSA) is 98.3 Å². The molecule has 116 valence electrons. The minimum Gasteiger partial charge on any atom is -0.487 e. The number of aryl methyl sites for hydroxylation is 3. The van der Waals surface area contributed by atoms with Gasteiger partial charge in [0.2, 0.25) is 5.95 Å². The lowest BCUT2D eigenvalue weighted by atomic mass is 10.1. The van der Waals surface area contributed by atoms with Gasteiger partial charge in [-0.3, -0.25) is 0 Å². The zero-order valence-electron chi connectivity index (χ0n) is 12.5. The van der Waals surface area contributed by atoms with Crippen molar-refractivity contribution in [1.82, 2.24) is 9.97 Å². The van der Waals surface area contributed by atoms with Crippen molar-refractivity contribution in [1.29, 1.82) is 0 Å². The van der Waals surface area contributed by atoms with Crippen molar-refractivity contribution in [3.63, 3.8) is 0 Å². The van der Waals surface area contributed by atoms with Crippen LogP contribution in [0.5, 0.6) is 5.75 Å². The van der Waals surface area contributed by atoms with Crippen molar-refractivity contribution in [2.75, 3.05) is 5.73 Å². The smallest absolute Gasteiger partial charge is 0.339 e. The summed E-state index contributed by atoms with van der Waals surface area (Å²) in [6, 6.07) is 3.86. The lowest BCUT2D eigenvalue weighted by molar-refractivity contribution is 0.0691. The molecule has 0 aliphatic rings. The molecule has 0 fully saturated rings. The first kappa shape index (κ1) is 16.2. The third-order valence-electron chi connectivity index (χ3n) is 3.17. The molecule has 6 nitrogen and oxygen atoms in total. The summed E-state index contributed by atoms with van der Waals surface area (Å²) in [5.74, 6) is -0.361. The number of aromatic nitrogens is 2. The number of rotatable bonds is 4. The molecule has 2 rings (SSSR count). The molecular weight excluding hydrogens is 350 g/mol. The summed E-state index contributed by atoms with van der Waals surface area (Å²) in [5.41, 5.74) is 8.11. The number of anilines is 1. The van der Waals surface area contributed by atoms with Crippen molar-refractivity contribution >= 4 is 27.8 Å². The Kier molecular flexibility index (Phi) is 4.65. The Balaban J connectivity index is 2.35. The summed E-state index contributed by atoms with van der Waals surface area (Å²) in [4.78, 5) is 19.2. The Morgan fingerprint density at radius 2 is 1.86 bits per heavy atom. The minimum atomic E-state index is -1.10. The highest BCUT2D eigenvalue weighted by Gasteiger charge is 2.18. The van der Waals surface area contributed by atoms with E-state index < -0.39 is 5.97 Å². The molecule has 0 unspecified atom stereocenters. The maximum Gasteiger partial charge on any atom is 0.339 e. The second-order valence-electron chi connectivity index (χ2n) is 4.95. The fourth-order valence-corrected chi connectivity index (χ4v) is 2.99. The van der Waals surface area contributed by atoms with Gasteiger partial charge in [0.1, 0.15) is 17.9 Å². The van der Waals surface area contributed by atoms with Crippen LogP contribution in [0.1, 0.15) is 32.9 Å². The molecule has 0 aliphatic carbocycles. The number of halogens is 1. The molecule has 1 aromatic carbocycles. The Morgan fingerprint density at radius 1 is 1.27 bits per heavy atom. The van der Waals surface area contributed by atoms with E-state index in [0.717, 1.165) is 15.6 Å². The number of nitrogen functional groups attached to an aromatic ring is 1. The summed E-state index contributed by atoms with van der Waals surface area (Å²) < 4.78 is 6.74. The van der Waals surface area contributed by atoms with E-state index in [4.69, 9.17) is 10.5 Å². The standard InChI is InChI=1S/C15H16BrN3O3/c1-7-4-10(16)5-8(2)13(7)22-6-11-12(14(20)21)9(3)18-15(17)19-11/h4-5H,6H2,1-3H3,(H,20,21)(H2,17,18,19). The van der Waals surface area contributed by atoms with Crippen LogP contribution in [0.2, 0.25) is 0 Å². The van der Waals surface area contributed by atoms with E-state index in [1.807, 2.05) is 26.0 Å². The van der Waals surface area contributed by atoms with Crippen molar-refractivity contribution < 1.29 is 14.6 Å². The zero-order chi connectivity index (χ0) is 16.4. The maximum atomic E-state index is 11.4. The molecule has 22 heavy (non-hydrogen) atoms. The number of aromatic carboxylic acids is 1. The molecule has 1 heterocycles. The molecule has 2 aromatic rings. The number of carboxylic acids is 1. The number of carboxylic acid groups (broad SMARTS) is 1. The summed E-state index contributed by atoms with van der Waals surface area (Å²) in [6.45, 7) is 5.44. The number of ether oxygens (including phenoxy) is 1. The first-order chi connectivity index (χ1) is 10.3. The minimum absolute atomic E-state index is 0.0124. The summed E-state index contributed by atoms with van der Waals surface area (Å²) >= 11 is 3.42. The second-order valence-corrected chi connectivity index (χ2v) is 5.87. The van der Waals surface area contributed by atoms with Gasteiger partial charge in [0, 0.05) is 4.47 Å². The number of hydrogen-bond acceptors (Lipinski definition) is 5. The van der Waals surface area contributed by atoms with E-state index in [1.54, 1.807) is 6.92 Å². The van der Waals surface area contributed by atoms with Crippen LogP contribution in [0.4, 0.5) is 5.95 Å². The van der Waals surface area contributed by atoms with E-state index in [2.05, 4.69) is 25.9 Å². The predicted octanol–water partition coefficient (Wildman–Crippen LogP) is 3.02. The molecule has 0 radical (unpaired) electrons. The highest BCUT2D eigenvalue weighted by atomic mass is 79.9. The normalized spacial score (nSPS) is 10.5. The van der Waals surface area contributed by atoms with Crippen molar-refractivity contribution in [2.45, 2.75) is 27.4 Å². The van der Waals surface area contributed by atoms with Gasteiger partial charge in [-0.25, -0.2) is 14.8 Å². The molecule has 7 heteroatoms. The van der Waals surface area contributed by atoms with Gasteiger partial charge in [-0.2, -0.15) is 0 Å². The third kappa shape index (κ3) is 3.36. The molecule has 0 amide bonds. The molecule has 0 aliphatic heterocycles. The van der Waals surface area contributed by atoms with Crippen molar-refractivity contribution in [3.8, 4) is 5.75 Å². The highest BCUT2D eigenvalue weighted by molar-refractivity contribution is 9.10. The number of nitrogens with zero attached hydrogens (tertiary/aromatic N) is 2. The first-order valence-corrected chi connectivity index (χ1v) is 7.34. The lowest BCUT2D eigenvalue weighted by Gasteiger charge is -2.14. The molecule has 0 bridgehead atoms. The maximum absolute atomic E-state index is 11.4. The van der Waals surface area contributed by atoms with Crippen LogP contribution in [0.3, 0.4) is 0 Å². The van der Waals surface area contributed by atoms with Crippen molar-refractivity contribution in [2.24, 2.45) is 0 Å². The van der Waals surface area contributed by atoms with Crippen LogP contribution in [0, 0.1) is 20.8 Å². The quantitative estimate of drug-likeness (QED) is 0.863. The van der Waals surface area contributed by atoms with Crippen LogP contribution in [-0.2, 0) is 6.61 Å². The van der Waals surface area contributed by atoms with Crippen LogP contribution in [0.25, 0.3) is 0 Å². The molecule has 0 saturated carbocycles. The summed E-state index contributed by atoms with van der Waals surface area (Å²) in [6.07, 6.45) is 0. The molecule has 0 atom stereocenters. The van der Waals surface area contributed by atoms with E-state index in [9.17, 15) is 9.90 Å². The Bertz CT molecular complexity index is 724. The fraction of sp³-hybridized carbons (Fsp3) is 0.267. The molecule has 0 saturated heterocycles. The zero-order valence-corrected chi connectivity index (χ0v) is 14.1. The lowest BCUT2D eigenvalue weighted by Crippen LogP contribution is -2.14. The Morgan fingerprint density at radius 3 is 2.41 bits per heavy atom. The Hall–Kier alpha value is -2.15. The molecule has 3 N–H and O–H groups in total. The van der Waals surface area contributed by atoms with Gasteiger partial charge in [-0.05, 0) is 44.0 Å². The van der Waals surface area contributed by atoms with E-state index >= 15 is 0 Å².